The SMILES string of the molecule is CCN(CC)Cc1ccc(CNC(=O)N2CCC[C@@H](c3nc4ccccc4[nH]3)C2)cc1. The summed E-state index contributed by atoms with van der Waals surface area (Å²) in [6, 6.07) is 16.7. The van der Waals surface area contributed by atoms with Crippen LogP contribution in [0.15, 0.2) is 48.5 Å². The standard InChI is InChI=1S/C25H33N5O/c1-3-29(4-2)17-20-13-11-19(12-14-20)16-26-25(31)30-15-7-8-21(18-30)24-27-22-9-5-6-10-23(22)28-24/h5-6,9-14,21H,3-4,7-8,15-18H2,1-2H3,(H,26,31)(H,27,28)/t21-/m1/s1. The number of imidazole rings is 1. The maximum absolute atomic E-state index is 12.8. The van der Waals surface area contributed by atoms with E-state index in [-0.39, 0.29) is 11.9 Å². The molecule has 0 radical (unpaired) electrons. The highest BCUT2D eigenvalue weighted by Gasteiger charge is 2.26. The number of rotatable bonds is 7. The van der Waals surface area contributed by atoms with Gasteiger partial charge in [0.2, 0.25) is 0 Å². The molecule has 0 spiro atoms. The van der Waals surface area contributed by atoms with Crippen LogP contribution >= 0.6 is 0 Å². The second-order valence-electron chi connectivity index (χ2n) is 8.36. The van der Waals surface area contributed by atoms with Crippen LogP contribution in [0.3, 0.4) is 0 Å². The molecule has 2 N–H and O–H groups in total. The Labute approximate surface area is 184 Å². The maximum atomic E-state index is 12.8. The van der Waals surface area contributed by atoms with Crippen LogP contribution in [-0.4, -0.2) is 52.0 Å². The van der Waals surface area contributed by atoms with E-state index < -0.39 is 0 Å². The Kier molecular flexibility index (Phi) is 6.87. The molecule has 0 unspecified atom stereocenters. The molecule has 2 heterocycles. The Bertz CT molecular complexity index is 960. The van der Waals surface area contributed by atoms with Gasteiger partial charge < -0.3 is 15.2 Å². The number of likely N-dealkylation sites (tertiary alicyclic amines) is 1. The van der Waals surface area contributed by atoms with Gasteiger partial charge in [0, 0.05) is 32.1 Å². The summed E-state index contributed by atoms with van der Waals surface area (Å²) in [4.78, 5) is 25.3. The Morgan fingerprint density at radius 3 is 2.61 bits per heavy atom. The second-order valence-corrected chi connectivity index (χ2v) is 8.36. The van der Waals surface area contributed by atoms with E-state index in [2.05, 4.69) is 53.3 Å². The molecule has 2 aromatic carbocycles. The van der Waals surface area contributed by atoms with E-state index in [1.807, 2.05) is 29.2 Å². The van der Waals surface area contributed by atoms with E-state index in [0.717, 1.165) is 61.4 Å². The van der Waals surface area contributed by atoms with Gasteiger partial charge in [0.05, 0.1) is 11.0 Å². The number of benzene rings is 2. The first-order valence-corrected chi connectivity index (χ1v) is 11.4. The Morgan fingerprint density at radius 2 is 1.87 bits per heavy atom. The van der Waals surface area contributed by atoms with Crippen LogP contribution in [0.2, 0.25) is 0 Å². The monoisotopic (exact) mass is 419 g/mol. The molecule has 164 valence electrons. The van der Waals surface area contributed by atoms with Crippen molar-refractivity contribution >= 4 is 17.1 Å². The number of urea groups is 1. The zero-order valence-corrected chi connectivity index (χ0v) is 18.6. The Balaban J connectivity index is 1.31. The molecule has 0 saturated carbocycles. The van der Waals surface area contributed by atoms with E-state index >= 15 is 0 Å². The van der Waals surface area contributed by atoms with Crippen molar-refractivity contribution in [3.63, 3.8) is 0 Å². The van der Waals surface area contributed by atoms with Gasteiger partial charge in [0.25, 0.3) is 0 Å². The van der Waals surface area contributed by atoms with Gasteiger partial charge >= 0.3 is 6.03 Å². The van der Waals surface area contributed by atoms with Crippen LogP contribution < -0.4 is 5.32 Å². The van der Waals surface area contributed by atoms with Crippen LogP contribution in [-0.2, 0) is 13.1 Å². The van der Waals surface area contributed by atoms with Crippen LogP contribution in [0.4, 0.5) is 4.79 Å². The molecule has 6 heteroatoms. The fourth-order valence-electron chi connectivity index (χ4n) is 4.31. The molecule has 0 aliphatic carbocycles. The molecular formula is C25H33N5O. The number of nitrogens with one attached hydrogen (secondary N) is 2. The number of piperidine rings is 1. The van der Waals surface area contributed by atoms with Gasteiger partial charge in [-0.1, -0.05) is 50.2 Å². The topological polar surface area (TPSA) is 64.3 Å². The first-order chi connectivity index (χ1) is 15.2. The molecule has 1 aliphatic heterocycles. The number of H-pyrrole nitrogens is 1. The van der Waals surface area contributed by atoms with Gasteiger partial charge in [0.1, 0.15) is 5.82 Å². The van der Waals surface area contributed by atoms with Crippen molar-refractivity contribution < 1.29 is 4.79 Å². The summed E-state index contributed by atoms with van der Waals surface area (Å²) in [7, 11) is 0. The van der Waals surface area contributed by atoms with Crippen LogP contribution in [0, 0.1) is 0 Å². The van der Waals surface area contributed by atoms with E-state index in [9.17, 15) is 4.79 Å². The first kappa shape index (κ1) is 21.4. The number of aromatic amines is 1. The lowest BCUT2D eigenvalue weighted by atomic mass is 9.97. The number of hydrogen-bond donors (Lipinski definition) is 2. The fourth-order valence-corrected chi connectivity index (χ4v) is 4.31. The lowest BCUT2D eigenvalue weighted by Crippen LogP contribution is -2.44. The fraction of sp³-hybridized carbons (Fsp3) is 0.440. The Morgan fingerprint density at radius 1 is 1.13 bits per heavy atom. The molecule has 31 heavy (non-hydrogen) atoms. The zero-order chi connectivity index (χ0) is 21.6. The summed E-state index contributed by atoms with van der Waals surface area (Å²) in [6.45, 7) is 9.50. The predicted octanol–water partition coefficient (Wildman–Crippen LogP) is 4.49. The minimum absolute atomic E-state index is 0.00743. The molecule has 1 saturated heterocycles. The number of aromatic nitrogens is 2. The largest absolute Gasteiger partial charge is 0.342 e. The predicted molar refractivity (Wildman–Crippen MR) is 125 cm³/mol. The first-order valence-electron chi connectivity index (χ1n) is 11.4. The average Bonchev–Trinajstić information content (AvgIpc) is 3.26. The van der Waals surface area contributed by atoms with E-state index in [1.54, 1.807) is 0 Å². The third-order valence-corrected chi connectivity index (χ3v) is 6.27. The van der Waals surface area contributed by atoms with Crippen molar-refractivity contribution in [2.24, 2.45) is 0 Å². The number of fused-ring (bicyclic) bond motifs is 1. The third kappa shape index (κ3) is 5.25. The number of para-hydroxylation sites is 2. The molecule has 1 aliphatic rings. The van der Waals surface area contributed by atoms with Gasteiger partial charge in [-0.3, -0.25) is 4.90 Å². The van der Waals surface area contributed by atoms with Crippen molar-refractivity contribution in [3.8, 4) is 0 Å². The molecule has 1 fully saturated rings. The van der Waals surface area contributed by atoms with Crippen molar-refractivity contribution in [1.29, 1.82) is 0 Å². The number of hydrogen-bond acceptors (Lipinski definition) is 3. The summed E-state index contributed by atoms with van der Waals surface area (Å²) < 4.78 is 0. The number of carbonyl (C=O) groups is 1. The lowest BCUT2D eigenvalue weighted by Gasteiger charge is -2.31. The van der Waals surface area contributed by atoms with Crippen molar-refractivity contribution in [3.05, 3.63) is 65.5 Å². The quantitative estimate of drug-likeness (QED) is 0.593. The minimum Gasteiger partial charge on any atom is -0.342 e. The van der Waals surface area contributed by atoms with E-state index in [4.69, 9.17) is 4.98 Å². The minimum atomic E-state index is 0.00743. The van der Waals surface area contributed by atoms with Crippen LogP contribution in [0.1, 0.15) is 49.6 Å². The number of nitrogens with zero attached hydrogens (tertiary/aromatic N) is 3. The molecule has 2 amide bonds. The van der Waals surface area contributed by atoms with Gasteiger partial charge in [-0.15, -0.1) is 0 Å². The van der Waals surface area contributed by atoms with Crippen LogP contribution in [0.5, 0.6) is 0 Å². The summed E-state index contributed by atoms with van der Waals surface area (Å²) in [6.07, 6.45) is 2.05. The highest BCUT2D eigenvalue weighted by atomic mass is 16.2. The highest BCUT2D eigenvalue weighted by Crippen LogP contribution is 2.26. The Hall–Kier alpha value is -2.86. The molecule has 1 aromatic heterocycles. The number of carbonyl (C=O) groups excluding carboxylic acids is 1. The lowest BCUT2D eigenvalue weighted by molar-refractivity contribution is 0.178. The van der Waals surface area contributed by atoms with Crippen LogP contribution in [0.25, 0.3) is 11.0 Å². The smallest absolute Gasteiger partial charge is 0.317 e. The highest BCUT2D eigenvalue weighted by molar-refractivity contribution is 5.75. The normalized spacial score (nSPS) is 16.7. The average molecular weight is 420 g/mol. The zero-order valence-electron chi connectivity index (χ0n) is 18.6. The molecule has 3 aromatic rings. The van der Waals surface area contributed by atoms with E-state index in [0.29, 0.717) is 13.1 Å². The van der Waals surface area contributed by atoms with Gasteiger partial charge in [0.15, 0.2) is 0 Å². The number of amides is 2. The van der Waals surface area contributed by atoms with Gasteiger partial charge in [-0.25, -0.2) is 9.78 Å². The van der Waals surface area contributed by atoms with E-state index in [1.165, 1.54) is 5.56 Å². The molecule has 4 rings (SSSR count). The molecule has 0 bridgehead atoms. The van der Waals surface area contributed by atoms with Crippen molar-refractivity contribution in [2.75, 3.05) is 26.2 Å². The summed E-state index contributed by atoms with van der Waals surface area (Å²) >= 11 is 0. The summed E-state index contributed by atoms with van der Waals surface area (Å²) in [5, 5.41) is 3.10. The molecular weight excluding hydrogens is 386 g/mol. The third-order valence-electron chi connectivity index (χ3n) is 6.27. The van der Waals surface area contributed by atoms with Gasteiger partial charge in [-0.2, -0.15) is 0 Å². The summed E-state index contributed by atoms with van der Waals surface area (Å²) in [5.41, 5.74) is 4.48. The second kappa shape index (κ2) is 9.96. The molecule has 6 nitrogen and oxygen atoms in total. The van der Waals surface area contributed by atoms with Gasteiger partial charge in [-0.05, 0) is 49.2 Å². The molecule has 1 atom stereocenters. The maximum Gasteiger partial charge on any atom is 0.317 e. The van der Waals surface area contributed by atoms with Crippen molar-refractivity contribution in [2.45, 2.75) is 45.7 Å². The van der Waals surface area contributed by atoms with Crippen molar-refractivity contribution in [1.82, 2.24) is 25.1 Å². The summed E-state index contributed by atoms with van der Waals surface area (Å²) in [5.74, 6) is 1.24.